The van der Waals surface area contributed by atoms with Crippen LogP contribution in [0.5, 0.6) is 5.75 Å². The Morgan fingerprint density at radius 3 is 2.86 bits per heavy atom. The maximum absolute atomic E-state index is 6.27. The summed E-state index contributed by atoms with van der Waals surface area (Å²) in [7, 11) is 0. The molecule has 0 unspecified atom stereocenters. The van der Waals surface area contributed by atoms with Crippen LogP contribution >= 0.6 is 34.5 Å². The number of halogens is 2. The minimum atomic E-state index is 0.571. The van der Waals surface area contributed by atoms with Crippen molar-refractivity contribution in [2.45, 2.75) is 26.3 Å². The fraction of sp³-hybridized carbons (Fsp3) is 0.375. The molecule has 2 nitrogen and oxygen atoms in total. The van der Waals surface area contributed by atoms with E-state index in [-0.39, 0.29) is 0 Å². The Hall–Kier alpha value is -0.740. The molecule has 2 rings (SSSR count). The fourth-order valence-corrected chi connectivity index (χ4v) is 3.30. The first kappa shape index (κ1) is 16.6. The topological polar surface area (TPSA) is 21.3 Å². The molecule has 0 atom stereocenters. The third kappa shape index (κ3) is 5.19. The highest BCUT2D eigenvalue weighted by Gasteiger charge is 2.11. The van der Waals surface area contributed by atoms with Crippen molar-refractivity contribution in [3.8, 4) is 5.75 Å². The van der Waals surface area contributed by atoms with Gasteiger partial charge in [0.1, 0.15) is 5.75 Å². The molecule has 21 heavy (non-hydrogen) atoms. The summed E-state index contributed by atoms with van der Waals surface area (Å²) in [5, 5.41) is 6.64. The first-order valence-electron chi connectivity index (χ1n) is 7.04. The highest BCUT2D eigenvalue weighted by Crippen LogP contribution is 2.32. The van der Waals surface area contributed by atoms with Gasteiger partial charge in [0.25, 0.3) is 0 Å². The average Bonchev–Trinajstić information content (AvgIpc) is 2.95. The summed E-state index contributed by atoms with van der Waals surface area (Å²) >= 11 is 14.1. The van der Waals surface area contributed by atoms with E-state index < -0.39 is 0 Å². The zero-order valence-corrected chi connectivity index (χ0v) is 14.3. The van der Waals surface area contributed by atoms with Gasteiger partial charge in [-0.1, -0.05) is 36.2 Å². The lowest BCUT2D eigenvalue weighted by Gasteiger charge is -2.14. The molecule has 0 saturated carbocycles. The molecular weight excluding hydrogens is 325 g/mol. The quantitative estimate of drug-likeness (QED) is 0.667. The second kappa shape index (κ2) is 8.64. The van der Waals surface area contributed by atoms with E-state index in [1.165, 1.54) is 4.88 Å². The lowest BCUT2D eigenvalue weighted by molar-refractivity contribution is 0.319. The maximum atomic E-state index is 6.27. The minimum Gasteiger partial charge on any atom is -0.491 e. The van der Waals surface area contributed by atoms with Gasteiger partial charge in [0.2, 0.25) is 0 Å². The van der Waals surface area contributed by atoms with Gasteiger partial charge in [-0.2, -0.15) is 0 Å². The number of nitrogens with one attached hydrogen (secondary N) is 1. The molecule has 0 saturated heterocycles. The van der Waals surface area contributed by atoms with Crippen LogP contribution in [-0.2, 0) is 13.0 Å². The van der Waals surface area contributed by atoms with Crippen LogP contribution in [0.2, 0.25) is 10.0 Å². The van der Waals surface area contributed by atoms with Gasteiger partial charge in [-0.05, 0) is 36.5 Å². The summed E-state index contributed by atoms with van der Waals surface area (Å²) in [5.74, 6) is 0.737. The van der Waals surface area contributed by atoms with Crippen LogP contribution in [0.1, 0.15) is 23.8 Å². The number of thiophene rings is 1. The Balaban J connectivity index is 2.01. The summed E-state index contributed by atoms with van der Waals surface area (Å²) in [6.07, 6.45) is 1.97. The van der Waals surface area contributed by atoms with E-state index in [4.69, 9.17) is 27.9 Å². The largest absolute Gasteiger partial charge is 0.491 e. The lowest BCUT2D eigenvalue weighted by Crippen LogP contribution is -2.15. The molecule has 1 aromatic heterocycles. The molecule has 0 aliphatic carbocycles. The second-order valence-corrected chi connectivity index (χ2v) is 6.61. The van der Waals surface area contributed by atoms with Crippen LogP contribution in [0, 0.1) is 0 Å². The van der Waals surface area contributed by atoms with Crippen LogP contribution < -0.4 is 10.1 Å². The molecule has 0 bridgehead atoms. The van der Waals surface area contributed by atoms with Crippen LogP contribution in [0.4, 0.5) is 0 Å². The number of rotatable bonds is 8. The van der Waals surface area contributed by atoms with Gasteiger partial charge in [0.05, 0.1) is 11.6 Å². The first-order valence-corrected chi connectivity index (χ1v) is 8.68. The molecule has 0 aliphatic heterocycles. The van der Waals surface area contributed by atoms with E-state index in [2.05, 4.69) is 29.8 Å². The van der Waals surface area contributed by atoms with Gasteiger partial charge in [-0.25, -0.2) is 0 Å². The van der Waals surface area contributed by atoms with Gasteiger partial charge in [0, 0.05) is 28.4 Å². The number of ether oxygens (including phenoxy) is 1. The molecule has 1 N–H and O–H groups in total. The summed E-state index contributed by atoms with van der Waals surface area (Å²) in [4.78, 5) is 1.31. The molecule has 0 amide bonds. The van der Waals surface area contributed by atoms with E-state index >= 15 is 0 Å². The van der Waals surface area contributed by atoms with E-state index in [9.17, 15) is 0 Å². The average molecular weight is 344 g/mol. The lowest BCUT2D eigenvalue weighted by atomic mass is 10.2. The molecule has 5 heteroatoms. The van der Waals surface area contributed by atoms with Crippen LogP contribution in [0.15, 0.2) is 29.6 Å². The molecule has 0 radical (unpaired) electrons. The summed E-state index contributed by atoms with van der Waals surface area (Å²) in [6.45, 7) is 4.42. The van der Waals surface area contributed by atoms with E-state index in [0.717, 1.165) is 30.7 Å². The predicted octanol–water partition coefficient (Wildman–Crippen LogP) is 5.18. The van der Waals surface area contributed by atoms with Gasteiger partial charge < -0.3 is 10.1 Å². The molecule has 0 aliphatic rings. The van der Waals surface area contributed by atoms with Crippen molar-refractivity contribution in [1.82, 2.24) is 5.32 Å². The Bertz CT molecular complexity index is 558. The van der Waals surface area contributed by atoms with E-state index in [1.807, 2.05) is 6.07 Å². The monoisotopic (exact) mass is 343 g/mol. The predicted molar refractivity (Wildman–Crippen MR) is 92.0 cm³/mol. The maximum Gasteiger partial charge on any atom is 0.142 e. The third-order valence-corrected chi connectivity index (χ3v) is 4.44. The molecule has 1 aromatic carbocycles. The van der Waals surface area contributed by atoms with E-state index in [1.54, 1.807) is 17.4 Å². The zero-order chi connectivity index (χ0) is 15.1. The van der Waals surface area contributed by atoms with Crippen molar-refractivity contribution >= 4 is 34.5 Å². The minimum absolute atomic E-state index is 0.571. The van der Waals surface area contributed by atoms with E-state index in [0.29, 0.717) is 23.2 Å². The highest BCUT2D eigenvalue weighted by molar-refractivity contribution is 7.09. The molecular formula is C16H19Cl2NOS. The summed E-state index contributed by atoms with van der Waals surface area (Å²) in [5.41, 5.74) is 1.01. The Morgan fingerprint density at radius 2 is 2.14 bits per heavy atom. The molecule has 0 fully saturated rings. The van der Waals surface area contributed by atoms with Crippen LogP contribution in [-0.4, -0.2) is 13.2 Å². The van der Waals surface area contributed by atoms with Crippen molar-refractivity contribution in [2.24, 2.45) is 0 Å². The normalized spacial score (nSPS) is 10.8. The molecule has 114 valence electrons. The second-order valence-electron chi connectivity index (χ2n) is 4.73. The van der Waals surface area contributed by atoms with Gasteiger partial charge in [-0.3, -0.25) is 0 Å². The van der Waals surface area contributed by atoms with Crippen molar-refractivity contribution in [3.63, 3.8) is 0 Å². The standard InChI is InChI=1S/C16H19Cl2NOS/c1-2-6-19-11-12-9-13(17)10-15(18)16(12)20-7-5-14-4-3-8-21-14/h3-4,8-10,19H,2,5-7,11H2,1H3. The smallest absolute Gasteiger partial charge is 0.142 e. The highest BCUT2D eigenvalue weighted by atomic mass is 35.5. The Labute approximate surface area is 140 Å². The van der Waals surface area contributed by atoms with Crippen molar-refractivity contribution in [3.05, 3.63) is 50.1 Å². The number of hydrogen-bond donors (Lipinski definition) is 1. The fourth-order valence-electron chi connectivity index (χ4n) is 2.01. The van der Waals surface area contributed by atoms with Gasteiger partial charge in [0.15, 0.2) is 0 Å². The molecule has 0 spiro atoms. The Kier molecular flexibility index (Phi) is 6.84. The van der Waals surface area contributed by atoms with Crippen LogP contribution in [0.25, 0.3) is 0 Å². The third-order valence-electron chi connectivity index (χ3n) is 3.00. The SMILES string of the molecule is CCCNCc1cc(Cl)cc(Cl)c1OCCc1cccs1. The zero-order valence-electron chi connectivity index (χ0n) is 12.0. The van der Waals surface area contributed by atoms with Crippen LogP contribution in [0.3, 0.4) is 0 Å². The van der Waals surface area contributed by atoms with Crippen molar-refractivity contribution in [1.29, 1.82) is 0 Å². The van der Waals surface area contributed by atoms with Gasteiger partial charge >= 0.3 is 0 Å². The summed E-state index contributed by atoms with van der Waals surface area (Å²) < 4.78 is 5.90. The van der Waals surface area contributed by atoms with Crippen molar-refractivity contribution < 1.29 is 4.74 Å². The van der Waals surface area contributed by atoms with Crippen molar-refractivity contribution in [2.75, 3.05) is 13.2 Å². The molecule has 1 heterocycles. The number of benzene rings is 1. The summed E-state index contributed by atoms with van der Waals surface area (Å²) in [6, 6.07) is 7.81. The number of hydrogen-bond acceptors (Lipinski definition) is 3. The van der Waals surface area contributed by atoms with Gasteiger partial charge in [-0.15, -0.1) is 11.3 Å². The Morgan fingerprint density at radius 1 is 1.29 bits per heavy atom. The molecule has 2 aromatic rings. The first-order chi connectivity index (χ1) is 10.2.